The Morgan fingerprint density at radius 3 is 0.864 bits per heavy atom. The predicted molar refractivity (Wildman–Crippen MR) is 63.9 cm³/mol. The van der Waals surface area contributed by atoms with Crippen LogP contribution in [0.5, 0.6) is 0 Å². The number of rotatable bonds is 6. The maximum Gasteiger partial charge on any atom is 0.336 e. The highest BCUT2D eigenvalue weighted by atomic mass is 19.1. The van der Waals surface area contributed by atoms with Crippen LogP contribution in [0, 0.1) is 0 Å². The van der Waals surface area contributed by atoms with Gasteiger partial charge in [0.2, 0.25) is 0 Å². The van der Waals surface area contributed by atoms with Gasteiger partial charge in [-0.2, -0.15) is 0 Å². The monoisotopic (exact) mass is 318 g/mol. The molecule has 0 radical (unpaired) electrons. The molecule has 0 amide bonds. The highest BCUT2D eigenvalue weighted by Crippen LogP contribution is 2.31. The molecule has 0 heterocycles. The first-order valence-corrected chi connectivity index (χ1v) is 5.45. The summed E-state index contributed by atoms with van der Waals surface area (Å²) >= 11 is 0. The highest BCUT2D eigenvalue weighted by Gasteiger charge is 2.35. The molecule has 1 aromatic rings. The summed E-state index contributed by atoms with van der Waals surface area (Å²) in [4.78, 5) is 44.5. The van der Waals surface area contributed by atoms with Crippen molar-refractivity contribution in [1.29, 1.82) is 0 Å². The van der Waals surface area contributed by atoms with Gasteiger partial charge < -0.3 is 20.4 Å². The van der Waals surface area contributed by atoms with Crippen molar-refractivity contribution >= 4 is 23.9 Å². The second-order valence-corrected chi connectivity index (χ2v) is 3.94. The lowest BCUT2D eigenvalue weighted by atomic mass is 9.87. The molecular weight excluding hydrogens is 310 g/mol. The first-order valence-electron chi connectivity index (χ1n) is 5.45. The van der Waals surface area contributed by atoms with E-state index in [0.29, 0.717) is 0 Å². The Kier molecular flexibility index (Phi) is 4.76. The van der Waals surface area contributed by atoms with Crippen LogP contribution in [0.3, 0.4) is 0 Å². The molecule has 0 atom stereocenters. The molecule has 1 rings (SSSR count). The lowest BCUT2D eigenvalue weighted by molar-refractivity contribution is 0.0630. The second-order valence-electron chi connectivity index (χ2n) is 3.94. The third-order valence-electron chi connectivity index (χ3n) is 2.83. The van der Waals surface area contributed by atoms with Crippen molar-refractivity contribution in [2.75, 3.05) is 0 Å². The third-order valence-corrected chi connectivity index (χ3v) is 2.83. The summed E-state index contributed by atoms with van der Waals surface area (Å²) in [5, 5.41) is 36.0. The van der Waals surface area contributed by atoms with E-state index in [4.69, 9.17) is 20.4 Å². The van der Waals surface area contributed by atoms with Crippen LogP contribution in [0.2, 0.25) is 0 Å². The zero-order valence-electron chi connectivity index (χ0n) is 10.6. The van der Waals surface area contributed by atoms with E-state index < -0.39 is 70.6 Å². The Labute approximate surface area is 120 Å². The van der Waals surface area contributed by atoms with E-state index in [9.17, 15) is 28.0 Å². The van der Waals surface area contributed by atoms with E-state index in [2.05, 4.69) is 0 Å². The van der Waals surface area contributed by atoms with Crippen LogP contribution in [0.15, 0.2) is 0 Å². The number of carbonyl (C=O) groups is 4. The SMILES string of the molecule is O=C(O)c1c(CF)c(C(=O)O)c(C(=O)O)c(CF)c1C(=O)O. The summed E-state index contributed by atoms with van der Waals surface area (Å²) in [6.45, 7) is -3.51. The zero-order valence-corrected chi connectivity index (χ0v) is 10.6. The van der Waals surface area contributed by atoms with Gasteiger partial charge in [0.25, 0.3) is 0 Å². The van der Waals surface area contributed by atoms with Crippen LogP contribution in [0.25, 0.3) is 0 Å². The minimum absolute atomic E-state index is 1.15. The summed E-state index contributed by atoms with van der Waals surface area (Å²) in [5.74, 6) is -8.06. The molecule has 0 aliphatic heterocycles. The first-order chi connectivity index (χ1) is 10.2. The maximum absolute atomic E-state index is 13.1. The van der Waals surface area contributed by atoms with Gasteiger partial charge in [0.15, 0.2) is 0 Å². The van der Waals surface area contributed by atoms with Gasteiger partial charge in [0, 0.05) is 11.1 Å². The number of aromatic carboxylic acids is 4. The summed E-state index contributed by atoms with van der Waals surface area (Å²) in [5.41, 5.74) is -7.44. The van der Waals surface area contributed by atoms with Crippen molar-refractivity contribution in [3.63, 3.8) is 0 Å². The first kappa shape index (κ1) is 17.0. The minimum atomic E-state index is -2.01. The Bertz CT molecular complexity index is 583. The van der Waals surface area contributed by atoms with Crippen molar-refractivity contribution in [2.24, 2.45) is 0 Å². The molecule has 4 N–H and O–H groups in total. The molecule has 0 aliphatic rings. The molecule has 22 heavy (non-hydrogen) atoms. The normalized spacial score (nSPS) is 10.3. The molecule has 0 saturated heterocycles. The van der Waals surface area contributed by atoms with Gasteiger partial charge in [-0.1, -0.05) is 0 Å². The van der Waals surface area contributed by atoms with E-state index in [-0.39, 0.29) is 0 Å². The number of hydrogen-bond acceptors (Lipinski definition) is 4. The Morgan fingerprint density at radius 1 is 0.591 bits per heavy atom. The average Bonchev–Trinajstić information content (AvgIpc) is 2.42. The van der Waals surface area contributed by atoms with Gasteiger partial charge in [0.05, 0.1) is 22.3 Å². The summed E-state index contributed by atoms with van der Waals surface area (Å²) < 4.78 is 26.2. The zero-order chi connectivity index (χ0) is 17.2. The van der Waals surface area contributed by atoms with Crippen molar-refractivity contribution in [1.82, 2.24) is 0 Å². The largest absolute Gasteiger partial charge is 0.478 e. The molecule has 10 heteroatoms. The van der Waals surface area contributed by atoms with E-state index in [1.807, 2.05) is 0 Å². The summed E-state index contributed by atoms with van der Waals surface area (Å²) in [7, 11) is 0. The van der Waals surface area contributed by atoms with E-state index in [0.717, 1.165) is 0 Å². The standard InChI is InChI=1S/C12H8F2O8/c13-1-3-5(9(15)16)7(11(19)20)4(2-14)8(12(21)22)6(3)10(17)18/h1-2H2,(H,15,16)(H,17,18)(H,19,20)(H,21,22). The van der Waals surface area contributed by atoms with Crippen LogP contribution in [0.1, 0.15) is 52.6 Å². The fraction of sp³-hybridized carbons (Fsp3) is 0.167. The Hall–Kier alpha value is -3.04. The fourth-order valence-electron chi connectivity index (χ4n) is 2.06. The van der Waals surface area contributed by atoms with E-state index in [1.54, 1.807) is 0 Å². The Balaban J connectivity index is 4.24. The molecule has 118 valence electrons. The van der Waals surface area contributed by atoms with Gasteiger partial charge in [-0.3, -0.25) is 0 Å². The number of halogens is 2. The molecule has 0 fully saturated rings. The molecular formula is C12H8F2O8. The lowest BCUT2D eigenvalue weighted by Gasteiger charge is -2.17. The topological polar surface area (TPSA) is 149 Å². The quantitative estimate of drug-likeness (QED) is 0.615. The number of hydrogen-bond donors (Lipinski definition) is 4. The molecule has 0 aliphatic carbocycles. The van der Waals surface area contributed by atoms with E-state index >= 15 is 0 Å². The number of carboxylic acid groups (broad SMARTS) is 4. The molecule has 0 saturated carbocycles. The van der Waals surface area contributed by atoms with Crippen LogP contribution in [0.4, 0.5) is 8.78 Å². The minimum Gasteiger partial charge on any atom is -0.478 e. The van der Waals surface area contributed by atoms with Gasteiger partial charge in [-0.05, 0) is 0 Å². The predicted octanol–water partition coefficient (Wildman–Crippen LogP) is 1.42. The van der Waals surface area contributed by atoms with Crippen molar-refractivity contribution in [3.05, 3.63) is 33.4 Å². The lowest BCUT2D eigenvalue weighted by Crippen LogP contribution is -2.23. The number of alkyl halides is 2. The molecule has 1 aromatic carbocycles. The smallest absolute Gasteiger partial charge is 0.336 e. The van der Waals surface area contributed by atoms with Crippen LogP contribution >= 0.6 is 0 Å². The molecule has 8 nitrogen and oxygen atoms in total. The molecule has 0 aromatic heterocycles. The molecule has 0 spiro atoms. The highest BCUT2D eigenvalue weighted by molar-refractivity contribution is 6.12. The van der Waals surface area contributed by atoms with Gasteiger partial charge in [-0.25, -0.2) is 28.0 Å². The fourth-order valence-corrected chi connectivity index (χ4v) is 2.06. The summed E-state index contributed by atoms with van der Waals surface area (Å²) in [6, 6.07) is 0. The van der Waals surface area contributed by atoms with Gasteiger partial charge in [-0.15, -0.1) is 0 Å². The number of benzene rings is 1. The average molecular weight is 318 g/mol. The molecule has 0 unspecified atom stereocenters. The Morgan fingerprint density at radius 2 is 0.773 bits per heavy atom. The van der Waals surface area contributed by atoms with Crippen molar-refractivity contribution < 1.29 is 48.4 Å². The number of carboxylic acids is 4. The maximum atomic E-state index is 13.1. The van der Waals surface area contributed by atoms with Crippen molar-refractivity contribution in [3.8, 4) is 0 Å². The second kappa shape index (κ2) is 6.16. The van der Waals surface area contributed by atoms with Gasteiger partial charge in [0.1, 0.15) is 13.3 Å². The van der Waals surface area contributed by atoms with Crippen molar-refractivity contribution in [2.45, 2.75) is 13.3 Å². The van der Waals surface area contributed by atoms with Crippen LogP contribution < -0.4 is 0 Å². The van der Waals surface area contributed by atoms with E-state index in [1.165, 1.54) is 0 Å². The summed E-state index contributed by atoms with van der Waals surface area (Å²) in [6.07, 6.45) is 0. The van der Waals surface area contributed by atoms with Crippen LogP contribution in [-0.4, -0.2) is 44.3 Å². The molecule has 0 bridgehead atoms. The third kappa shape index (κ3) is 2.57. The van der Waals surface area contributed by atoms with Gasteiger partial charge >= 0.3 is 23.9 Å². The van der Waals surface area contributed by atoms with Crippen LogP contribution in [-0.2, 0) is 13.3 Å².